The summed E-state index contributed by atoms with van der Waals surface area (Å²) in [4.78, 5) is 25.5. The molecule has 0 rings (SSSR count). The minimum atomic E-state index is -0.549. The van der Waals surface area contributed by atoms with E-state index in [4.69, 9.17) is 14.2 Å². The lowest BCUT2D eigenvalue weighted by molar-refractivity contribution is -0.163. The number of hydrogen-bond acceptors (Lipinski definition) is 5. The zero-order valence-electron chi connectivity index (χ0n) is 42.8. The van der Waals surface area contributed by atoms with E-state index >= 15 is 0 Å². The highest BCUT2D eigenvalue weighted by Gasteiger charge is 2.17. The Morgan fingerprint density at radius 2 is 0.734 bits per heavy atom. The number of ether oxygens (including phenoxy) is 3. The maximum Gasteiger partial charge on any atom is 0.306 e. The fourth-order valence-corrected chi connectivity index (χ4v) is 7.92. The van der Waals surface area contributed by atoms with Gasteiger partial charge in [-0.15, -0.1) is 0 Å². The van der Waals surface area contributed by atoms with Crippen LogP contribution < -0.4 is 0 Å². The van der Waals surface area contributed by atoms with Crippen molar-refractivity contribution in [2.75, 3.05) is 19.8 Å². The largest absolute Gasteiger partial charge is 0.462 e. The van der Waals surface area contributed by atoms with Crippen LogP contribution in [0.5, 0.6) is 0 Å². The Morgan fingerprint density at radius 1 is 0.359 bits per heavy atom. The summed E-state index contributed by atoms with van der Waals surface area (Å²) >= 11 is 0. The van der Waals surface area contributed by atoms with Crippen molar-refractivity contribution in [3.63, 3.8) is 0 Å². The summed E-state index contributed by atoms with van der Waals surface area (Å²) in [6, 6.07) is 0. The highest BCUT2D eigenvalue weighted by atomic mass is 16.6. The van der Waals surface area contributed by atoms with Gasteiger partial charge in [-0.1, -0.05) is 248 Å². The number of carbonyl (C=O) groups excluding carboxylic acids is 2. The molecule has 0 aromatic heterocycles. The van der Waals surface area contributed by atoms with E-state index in [1.54, 1.807) is 0 Å². The molecule has 0 radical (unpaired) electrons. The van der Waals surface area contributed by atoms with E-state index in [2.05, 4.69) is 81.5 Å². The van der Waals surface area contributed by atoms with Gasteiger partial charge in [0, 0.05) is 19.4 Å². The normalized spacial score (nSPS) is 12.6. The highest BCUT2D eigenvalue weighted by molar-refractivity contribution is 5.70. The molecule has 0 spiro atoms. The zero-order valence-corrected chi connectivity index (χ0v) is 42.8. The van der Waals surface area contributed by atoms with E-state index in [1.807, 2.05) is 0 Å². The van der Waals surface area contributed by atoms with Crippen molar-refractivity contribution in [3.05, 3.63) is 60.8 Å². The van der Waals surface area contributed by atoms with Crippen molar-refractivity contribution < 1.29 is 23.8 Å². The monoisotopic (exact) mass is 895 g/mol. The Morgan fingerprint density at radius 3 is 1.19 bits per heavy atom. The van der Waals surface area contributed by atoms with Gasteiger partial charge in [-0.05, 0) is 77.0 Å². The quantitative estimate of drug-likeness (QED) is 0.0346. The Kier molecular flexibility index (Phi) is 52.9. The van der Waals surface area contributed by atoms with Crippen molar-refractivity contribution in [1.29, 1.82) is 0 Å². The molecule has 0 aliphatic rings. The van der Waals surface area contributed by atoms with Gasteiger partial charge in [-0.3, -0.25) is 9.59 Å². The molecule has 372 valence electrons. The molecular weight excluding hydrogens is 789 g/mol. The third kappa shape index (κ3) is 52.2. The summed E-state index contributed by atoms with van der Waals surface area (Å²) < 4.78 is 17.4. The van der Waals surface area contributed by atoms with Crippen LogP contribution >= 0.6 is 0 Å². The number of hydrogen-bond donors (Lipinski definition) is 0. The Hall–Kier alpha value is -2.40. The maximum atomic E-state index is 12.8. The molecule has 0 aromatic carbocycles. The van der Waals surface area contributed by atoms with Crippen molar-refractivity contribution >= 4 is 11.9 Å². The van der Waals surface area contributed by atoms with E-state index in [-0.39, 0.29) is 25.2 Å². The number of allylic oxidation sites excluding steroid dienone is 10. The Labute approximate surface area is 398 Å². The fraction of sp³-hybridized carbons (Fsp3) is 0.797. The van der Waals surface area contributed by atoms with E-state index in [9.17, 15) is 9.59 Å². The van der Waals surface area contributed by atoms with E-state index in [0.717, 1.165) is 83.5 Å². The third-order valence-electron chi connectivity index (χ3n) is 12.0. The maximum absolute atomic E-state index is 12.8. The summed E-state index contributed by atoms with van der Waals surface area (Å²) in [5, 5.41) is 0. The first-order valence-electron chi connectivity index (χ1n) is 27.8. The molecule has 0 saturated heterocycles. The predicted molar refractivity (Wildman–Crippen MR) is 279 cm³/mol. The van der Waals surface area contributed by atoms with E-state index < -0.39 is 6.10 Å². The zero-order chi connectivity index (χ0) is 46.3. The summed E-state index contributed by atoms with van der Waals surface area (Å²) in [5.74, 6) is -0.410. The predicted octanol–water partition coefficient (Wildman–Crippen LogP) is 18.9. The third-order valence-corrected chi connectivity index (χ3v) is 12.0. The second-order valence-electron chi connectivity index (χ2n) is 18.5. The molecule has 0 aliphatic carbocycles. The smallest absolute Gasteiger partial charge is 0.306 e. The second-order valence-corrected chi connectivity index (χ2v) is 18.5. The van der Waals surface area contributed by atoms with Gasteiger partial charge in [-0.2, -0.15) is 0 Å². The van der Waals surface area contributed by atoms with Gasteiger partial charge < -0.3 is 14.2 Å². The molecule has 1 unspecified atom stereocenters. The van der Waals surface area contributed by atoms with Crippen molar-refractivity contribution in [2.45, 2.75) is 284 Å². The number of unbranched alkanes of at least 4 members (excludes halogenated alkanes) is 30. The molecule has 1 atom stereocenters. The molecule has 5 nitrogen and oxygen atoms in total. The van der Waals surface area contributed by atoms with Crippen LogP contribution in [0.3, 0.4) is 0 Å². The first-order chi connectivity index (χ1) is 31.6. The minimum absolute atomic E-state index is 0.0760. The standard InChI is InChI=1S/C59H106O5/c1-4-7-10-13-16-19-22-25-27-29-30-31-32-35-37-40-43-46-49-52-58(60)63-56-57(64-59(61)53-50-47-44-41-38-34-24-21-18-15-12-9-6-3)55-62-54-51-48-45-42-39-36-33-28-26-23-20-17-14-11-8-5-2/h8,11-12,15,17,20-21,24,26,28,57H,4-7,9-10,13-14,16,18-19,22-23,25,27,29-56H2,1-3H3/b11-8-,15-12-,20-17-,24-21-,28-26-. The average molecular weight is 895 g/mol. The molecule has 0 bridgehead atoms. The number of rotatable bonds is 51. The highest BCUT2D eigenvalue weighted by Crippen LogP contribution is 2.16. The lowest BCUT2D eigenvalue weighted by Gasteiger charge is -2.18. The average Bonchev–Trinajstić information content (AvgIpc) is 3.30. The van der Waals surface area contributed by atoms with E-state index in [0.29, 0.717) is 19.4 Å². The van der Waals surface area contributed by atoms with Crippen LogP contribution in [0.25, 0.3) is 0 Å². The van der Waals surface area contributed by atoms with E-state index in [1.165, 1.54) is 161 Å². The molecule has 0 heterocycles. The van der Waals surface area contributed by atoms with Crippen LogP contribution in [0.4, 0.5) is 0 Å². The van der Waals surface area contributed by atoms with Crippen LogP contribution in [0.1, 0.15) is 278 Å². The van der Waals surface area contributed by atoms with Crippen LogP contribution in [0.15, 0.2) is 60.8 Å². The van der Waals surface area contributed by atoms with Crippen molar-refractivity contribution in [3.8, 4) is 0 Å². The van der Waals surface area contributed by atoms with Gasteiger partial charge in [0.25, 0.3) is 0 Å². The minimum Gasteiger partial charge on any atom is -0.462 e. The molecule has 0 aromatic rings. The summed E-state index contributed by atoms with van der Waals surface area (Å²) in [6.45, 7) is 7.65. The molecular formula is C59H106O5. The van der Waals surface area contributed by atoms with Gasteiger partial charge in [-0.25, -0.2) is 0 Å². The van der Waals surface area contributed by atoms with Crippen LogP contribution in [-0.2, 0) is 23.8 Å². The molecule has 0 aliphatic heterocycles. The van der Waals surface area contributed by atoms with Crippen LogP contribution in [0.2, 0.25) is 0 Å². The summed E-state index contributed by atoms with van der Waals surface area (Å²) in [7, 11) is 0. The Balaban J connectivity index is 4.24. The topological polar surface area (TPSA) is 61.8 Å². The SMILES string of the molecule is CC/C=C\C/C=C\C/C=C\CCCCCCCCOCC(COC(=O)CCCCCCCCCCCCCCCCCCCCC)OC(=O)CCCCCCC/C=C\C/C=C\CCC. The molecule has 0 saturated carbocycles. The van der Waals surface area contributed by atoms with Gasteiger partial charge in [0.05, 0.1) is 6.61 Å². The summed E-state index contributed by atoms with van der Waals surface area (Å²) in [6.07, 6.45) is 69.5. The molecule has 5 heteroatoms. The van der Waals surface area contributed by atoms with Crippen LogP contribution in [-0.4, -0.2) is 37.9 Å². The summed E-state index contributed by atoms with van der Waals surface area (Å²) in [5.41, 5.74) is 0. The van der Waals surface area contributed by atoms with Gasteiger partial charge in [0.1, 0.15) is 6.61 Å². The second kappa shape index (κ2) is 54.9. The lowest BCUT2D eigenvalue weighted by Crippen LogP contribution is -2.30. The fourth-order valence-electron chi connectivity index (χ4n) is 7.92. The molecule has 0 amide bonds. The van der Waals surface area contributed by atoms with Crippen molar-refractivity contribution in [2.24, 2.45) is 0 Å². The lowest BCUT2D eigenvalue weighted by atomic mass is 10.0. The molecule has 64 heavy (non-hydrogen) atoms. The van der Waals surface area contributed by atoms with Crippen molar-refractivity contribution in [1.82, 2.24) is 0 Å². The van der Waals surface area contributed by atoms with Gasteiger partial charge in [0.2, 0.25) is 0 Å². The molecule has 0 N–H and O–H groups in total. The first-order valence-corrected chi connectivity index (χ1v) is 27.8. The van der Waals surface area contributed by atoms with Crippen LogP contribution in [0, 0.1) is 0 Å². The Bertz CT molecular complexity index is 1100. The van der Waals surface area contributed by atoms with Gasteiger partial charge in [0.15, 0.2) is 6.10 Å². The number of esters is 2. The number of carbonyl (C=O) groups is 2. The van der Waals surface area contributed by atoms with Gasteiger partial charge >= 0.3 is 11.9 Å². The molecule has 0 fully saturated rings. The first kappa shape index (κ1) is 61.6.